The normalized spacial score (nSPS) is 18.9. The fourth-order valence-electron chi connectivity index (χ4n) is 1.09. The van der Waals surface area contributed by atoms with E-state index >= 15 is 0 Å². The highest BCUT2D eigenvalue weighted by molar-refractivity contribution is 5.54. The number of allylic oxidation sites excluding steroid dienone is 1. The van der Waals surface area contributed by atoms with Gasteiger partial charge in [-0.2, -0.15) is 0 Å². The van der Waals surface area contributed by atoms with Crippen LogP contribution in [0.2, 0.25) is 0 Å². The Morgan fingerprint density at radius 2 is 1.90 bits per heavy atom. The van der Waals surface area contributed by atoms with E-state index in [1.807, 2.05) is 0 Å². The first-order valence-corrected chi connectivity index (χ1v) is 3.86. The summed E-state index contributed by atoms with van der Waals surface area (Å²) in [6.07, 6.45) is 7.80. The highest BCUT2D eigenvalue weighted by Gasteiger charge is 2.22. The maximum absolute atomic E-state index is 2.37. The van der Waals surface area contributed by atoms with Gasteiger partial charge < -0.3 is 0 Å². The van der Waals surface area contributed by atoms with Gasteiger partial charge in [-0.05, 0) is 26.8 Å². The van der Waals surface area contributed by atoms with Crippen molar-refractivity contribution in [2.24, 2.45) is 0 Å². The third kappa shape index (κ3) is 1.69. The first kappa shape index (κ1) is 7.52. The molecule has 0 saturated heterocycles. The lowest BCUT2D eigenvalue weighted by atomic mass is 10.1. The van der Waals surface area contributed by atoms with Crippen molar-refractivity contribution in [2.45, 2.75) is 32.7 Å². The van der Waals surface area contributed by atoms with Crippen molar-refractivity contribution in [3.8, 4) is 0 Å². The average Bonchev–Trinajstić information content (AvgIpc) is 1.88. The van der Waals surface area contributed by atoms with E-state index < -0.39 is 0 Å². The second-order valence-corrected chi connectivity index (χ2v) is 3.71. The van der Waals surface area contributed by atoms with Gasteiger partial charge in [0.25, 0.3) is 0 Å². The summed E-state index contributed by atoms with van der Waals surface area (Å²) >= 11 is 0. The molecule has 56 valence electrons. The third-order valence-electron chi connectivity index (χ3n) is 1.79. The van der Waals surface area contributed by atoms with Crippen LogP contribution >= 0.6 is 0 Å². The van der Waals surface area contributed by atoms with Crippen LogP contribution in [-0.4, -0.2) is 22.9 Å². The molecule has 0 N–H and O–H groups in total. The standard InChI is InChI=1S/C9H16N/c1-9(2,3)10-7-5-4-6-8-10/h4-5,8H,6-7H2,1-3H3/q+1. The minimum atomic E-state index is 0.296. The molecule has 1 heteroatoms. The Hall–Kier alpha value is -0.590. The highest BCUT2D eigenvalue weighted by atomic mass is 15.1. The zero-order valence-corrected chi connectivity index (χ0v) is 7.09. The van der Waals surface area contributed by atoms with Gasteiger partial charge in [-0.3, -0.25) is 0 Å². The Bertz CT molecular complexity index is 170. The van der Waals surface area contributed by atoms with Crippen molar-refractivity contribution < 1.29 is 4.58 Å². The minimum Gasteiger partial charge on any atom is -0.231 e. The Kier molecular flexibility index (Phi) is 1.93. The van der Waals surface area contributed by atoms with E-state index in [1.165, 1.54) is 0 Å². The van der Waals surface area contributed by atoms with Crippen LogP contribution in [0.4, 0.5) is 0 Å². The molecule has 0 saturated carbocycles. The molecule has 0 unspecified atom stereocenters. The van der Waals surface area contributed by atoms with Crippen molar-refractivity contribution >= 4 is 6.21 Å². The van der Waals surface area contributed by atoms with E-state index in [2.05, 4.69) is 43.7 Å². The Labute approximate surface area is 63.1 Å². The zero-order valence-electron chi connectivity index (χ0n) is 7.09. The van der Waals surface area contributed by atoms with Gasteiger partial charge >= 0.3 is 0 Å². The summed E-state index contributed by atoms with van der Waals surface area (Å²) in [5.74, 6) is 0. The summed E-state index contributed by atoms with van der Waals surface area (Å²) in [4.78, 5) is 0. The van der Waals surface area contributed by atoms with Gasteiger partial charge in [0.2, 0.25) is 0 Å². The lowest BCUT2D eigenvalue weighted by molar-refractivity contribution is -0.586. The molecule has 0 spiro atoms. The van der Waals surface area contributed by atoms with E-state index in [9.17, 15) is 0 Å². The van der Waals surface area contributed by atoms with Crippen molar-refractivity contribution in [3.63, 3.8) is 0 Å². The van der Waals surface area contributed by atoms with E-state index in [1.54, 1.807) is 0 Å². The SMILES string of the molecule is CC(C)(C)[N+]1=CCC=CC1. The third-order valence-corrected chi connectivity index (χ3v) is 1.79. The number of rotatable bonds is 0. The van der Waals surface area contributed by atoms with Crippen LogP contribution in [0.1, 0.15) is 27.2 Å². The molecule has 1 heterocycles. The number of nitrogens with zero attached hydrogens (tertiary/aromatic N) is 1. The van der Waals surface area contributed by atoms with E-state index in [0.717, 1.165) is 13.0 Å². The monoisotopic (exact) mass is 138 g/mol. The van der Waals surface area contributed by atoms with E-state index in [4.69, 9.17) is 0 Å². The second-order valence-electron chi connectivity index (χ2n) is 3.71. The zero-order chi connectivity index (χ0) is 7.61. The molecular weight excluding hydrogens is 122 g/mol. The van der Waals surface area contributed by atoms with Gasteiger partial charge in [-0.1, -0.05) is 6.08 Å². The summed E-state index contributed by atoms with van der Waals surface area (Å²) < 4.78 is 2.37. The summed E-state index contributed by atoms with van der Waals surface area (Å²) in [5, 5.41) is 0. The van der Waals surface area contributed by atoms with Crippen LogP contribution in [0.5, 0.6) is 0 Å². The topological polar surface area (TPSA) is 3.01 Å². The van der Waals surface area contributed by atoms with Gasteiger partial charge in [0.05, 0.1) is 0 Å². The summed E-state index contributed by atoms with van der Waals surface area (Å²) in [6, 6.07) is 0. The largest absolute Gasteiger partial charge is 0.231 e. The van der Waals surface area contributed by atoms with E-state index in [-0.39, 0.29) is 0 Å². The van der Waals surface area contributed by atoms with Crippen LogP contribution in [0.15, 0.2) is 12.2 Å². The molecule has 0 aromatic carbocycles. The van der Waals surface area contributed by atoms with Gasteiger partial charge in [-0.25, -0.2) is 4.58 Å². The van der Waals surface area contributed by atoms with Crippen molar-refractivity contribution in [1.29, 1.82) is 0 Å². The Balaban J connectivity index is 2.65. The van der Waals surface area contributed by atoms with Crippen LogP contribution in [0, 0.1) is 0 Å². The van der Waals surface area contributed by atoms with Gasteiger partial charge in [0.1, 0.15) is 6.21 Å². The molecule has 0 atom stereocenters. The predicted molar refractivity (Wildman–Crippen MR) is 44.7 cm³/mol. The van der Waals surface area contributed by atoms with Crippen molar-refractivity contribution in [3.05, 3.63) is 12.2 Å². The average molecular weight is 138 g/mol. The van der Waals surface area contributed by atoms with Crippen molar-refractivity contribution in [2.75, 3.05) is 6.54 Å². The number of hydrogen-bond acceptors (Lipinski definition) is 0. The fourth-order valence-corrected chi connectivity index (χ4v) is 1.09. The molecule has 1 aliphatic rings. The maximum Gasteiger partial charge on any atom is 0.161 e. The molecule has 0 radical (unpaired) electrons. The molecule has 1 aliphatic heterocycles. The first-order chi connectivity index (χ1) is 4.61. The van der Waals surface area contributed by atoms with Gasteiger partial charge in [0, 0.05) is 6.42 Å². The lowest BCUT2D eigenvalue weighted by Gasteiger charge is -2.18. The number of hydrogen-bond donors (Lipinski definition) is 0. The lowest BCUT2D eigenvalue weighted by Crippen LogP contribution is -2.34. The Morgan fingerprint density at radius 1 is 1.20 bits per heavy atom. The molecule has 1 nitrogen and oxygen atoms in total. The molecule has 0 amide bonds. The quantitative estimate of drug-likeness (QED) is 0.355. The second kappa shape index (κ2) is 2.57. The van der Waals surface area contributed by atoms with Gasteiger partial charge in [0.15, 0.2) is 12.1 Å². The summed E-state index contributed by atoms with van der Waals surface area (Å²) in [5.41, 5.74) is 0.296. The molecule has 0 fully saturated rings. The molecule has 10 heavy (non-hydrogen) atoms. The summed E-state index contributed by atoms with van der Waals surface area (Å²) in [6.45, 7) is 7.79. The van der Waals surface area contributed by atoms with Crippen LogP contribution in [-0.2, 0) is 0 Å². The minimum absolute atomic E-state index is 0.296. The molecule has 1 rings (SSSR count). The van der Waals surface area contributed by atoms with Crippen LogP contribution in [0.25, 0.3) is 0 Å². The van der Waals surface area contributed by atoms with Gasteiger partial charge in [-0.15, -0.1) is 0 Å². The molecule has 0 bridgehead atoms. The molecule has 0 aromatic heterocycles. The predicted octanol–water partition coefficient (Wildman–Crippen LogP) is 1.83. The molecule has 0 aromatic rings. The Morgan fingerprint density at radius 3 is 2.20 bits per heavy atom. The van der Waals surface area contributed by atoms with E-state index in [0.29, 0.717) is 5.54 Å². The molecular formula is C9H16N+. The maximum atomic E-state index is 2.37. The highest BCUT2D eigenvalue weighted by Crippen LogP contribution is 2.08. The van der Waals surface area contributed by atoms with Crippen molar-refractivity contribution in [1.82, 2.24) is 0 Å². The fraction of sp³-hybridized carbons (Fsp3) is 0.667. The van der Waals surface area contributed by atoms with Crippen LogP contribution < -0.4 is 0 Å². The smallest absolute Gasteiger partial charge is 0.161 e. The van der Waals surface area contributed by atoms with Crippen LogP contribution in [0.3, 0.4) is 0 Å². The summed E-state index contributed by atoms with van der Waals surface area (Å²) in [7, 11) is 0. The molecule has 0 aliphatic carbocycles. The first-order valence-electron chi connectivity index (χ1n) is 3.86.